The van der Waals surface area contributed by atoms with Gasteiger partial charge in [-0.05, 0) is 30.4 Å². The number of hydrogen-bond acceptors (Lipinski definition) is 2. The van der Waals surface area contributed by atoms with Gasteiger partial charge in [0.1, 0.15) is 0 Å². The third-order valence-electron chi connectivity index (χ3n) is 4.37. The second-order valence-corrected chi connectivity index (χ2v) is 5.94. The predicted octanol–water partition coefficient (Wildman–Crippen LogP) is 4.19. The fraction of sp³-hybridized carbons (Fsp3) is 0.562. The Labute approximate surface area is 114 Å². The van der Waals surface area contributed by atoms with Gasteiger partial charge in [-0.3, -0.25) is 0 Å². The molecule has 0 unspecified atom stereocenters. The maximum absolute atomic E-state index is 4.54. The molecule has 1 heterocycles. The molecule has 0 saturated heterocycles. The van der Waals surface area contributed by atoms with Crippen LogP contribution in [-0.2, 0) is 0 Å². The van der Waals surface area contributed by atoms with E-state index in [0.29, 0.717) is 0 Å². The van der Waals surface area contributed by atoms with Crippen molar-refractivity contribution >= 4 is 17.0 Å². The second kappa shape index (κ2) is 5.64. The standard InChI is InChI=1S/C16H23N3/c1-12-6-8-13(9-7-12)10-11-17-16-18-14-4-2-3-5-15(14)19-16/h2-5,12-13H,6-11H2,1H3,(H2,17,18,19). The molecule has 2 aromatic rings. The average Bonchev–Trinajstić information content (AvgIpc) is 2.83. The number of hydrogen-bond donors (Lipinski definition) is 2. The maximum atomic E-state index is 4.54. The van der Waals surface area contributed by atoms with Crippen LogP contribution in [0.15, 0.2) is 24.3 Å². The molecule has 2 N–H and O–H groups in total. The van der Waals surface area contributed by atoms with Crippen molar-refractivity contribution in [2.75, 3.05) is 11.9 Å². The molecule has 3 rings (SSSR count). The first kappa shape index (κ1) is 12.5. The van der Waals surface area contributed by atoms with E-state index in [1.54, 1.807) is 0 Å². The minimum Gasteiger partial charge on any atom is -0.356 e. The van der Waals surface area contributed by atoms with Crippen LogP contribution in [0.25, 0.3) is 11.0 Å². The third kappa shape index (κ3) is 3.09. The van der Waals surface area contributed by atoms with Crippen LogP contribution in [0.2, 0.25) is 0 Å². The monoisotopic (exact) mass is 257 g/mol. The van der Waals surface area contributed by atoms with Gasteiger partial charge in [-0.2, -0.15) is 0 Å². The molecular weight excluding hydrogens is 234 g/mol. The van der Waals surface area contributed by atoms with Crippen molar-refractivity contribution in [3.63, 3.8) is 0 Å². The van der Waals surface area contributed by atoms with Crippen molar-refractivity contribution in [2.45, 2.75) is 39.0 Å². The highest BCUT2D eigenvalue weighted by molar-refractivity contribution is 5.77. The van der Waals surface area contributed by atoms with E-state index in [9.17, 15) is 0 Å². The summed E-state index contributed by atoms with van der Waals surface area (Å²) in [6.45, 7) is 3.40. The molecule has 0 spiro atoms. The fourth-order valence-corrected chi connectivity index (χ4v) is 3.05. The van der Waals surface area contributed by atoms with E-state index in [-0.39, 0.29) is 0 Å². The number of benzene rings is 1. The summed E-state index contributed by atoms with van der Waals surface area (Å²) >= 11 is 0. The number of fused-ring (bicyclic) bond motifs is 1. The van der Waals surface area contributed by atoms with Crippen LogP contribution >= 0.6 is 0 Å². The van der Waals surface area contributed by atoms with Gasteiger partial charge < -0.3 is 10.3 Å². The summed E-state index contributed by atoms with van der Waals surface area (Å²) in [7, 11) is 0. The van der Waals surface area contributed by atoms with Gasteiger partial charge in [0.05, 0.1) is 11.0 Å². The Balaban J connectivity index is 1.49. The molecule has 1 aliphatic rings. The van der Waals surface area contributed by atoms with Gasteiger partial charge >= 0.3 is 0 Å². The Hall–Kier alpha value is -1.51. The van der Waals surface area contributed by atoms with E-state index in [2.05, 4.69) is 28.3 Å². The number of aromatic amines is 1. The van der Waals surface area contributed by atoms with E-state index in [4.69, 9.17) is 0 Å². The summed E-state index contributed by atoms with van der Waals surface area (Å²) in [5.74, 6) is 2.76. The van der Waals surface area contributed by atoms with Gasteiger partial charge in [-0.25, -0.2) is 4.98 Å². The third-order valence-corrected chi connectivity index (χ3v) is 4.37. The lowest BCUT2D eigenvalue weighted by molar-refractivity contribution is 0.282. The molecule has 1 aliphatic carbocycles. The zero-order chi connectivity index (χ0) is 13.1. The molecule has 0 atom stereocenters. The number of nitrogens with one attached hydrogen (secondary N) is 2. The van der Waals surface area contributed by atoms with Gasteiger partial charge in [0.25, 0.3) is 0 Å². The Morgan fingerprint density at radius 1 is 1.21 bits per heavy atom. The van der Waals surface area contributed by atoms with E-state index in [0.717, 1.165) is 35.4 Å². The number of para-hydroxylation sites is 2. The topological polar surface area (TPSA) is 40.7 Å². The molecule has 0 bridgehead atoms. The molecule has 19 heavy (non-hydrogen) atoms. The summed E-state index contributed by atoms with van der Waals surface area (Å²) in [5, 5.41) is 3.43. The normalized spacial score (nSPS) is 23.6. The molecule has 1 aromatic heterocycles. The van der Waals surface area contributed by atoms with Crippen LogP contribution in [0.4, 0.5) is 5.95 Å². The van der Waals surface area contributed by atoms with Crippen LogP contribution in [0.3, 0.4) is 0 Å². The molecule has 0 amide bonds. The fourth-order valence-electron chi connectivity index (χ4n) is 3.05. The Morgan fingerprint density at radius 2 is 2.00 bits per heavy atom. The average molecular weight is 257 g/mol. The van der Waals surface area contributed by atoms with Crippen LogP contribution in [0.5, 0.6) is 0 Å². The number of rotatable bonds is 4. The van der Waals surface area contributed by atoms with Crippen molar-refractivity contribution in [3.8, 4) is 0 Å². The van der Waals surface area contributed by atoms with Crippen molar-refractivity contribution < 1.29 is 0 Å². The van der Waals surface area contributed by atoms with Gasteiger partial charge in [0, 0.05) is 6.54 Å². The minimum atomic E-state index is 0.908. The zero-order valence-electron chi connectivity index (χ0n) is 11.7. The van der Waals surface area contributed by atoms with Crippen LogP contribution < -0.4 is 5.32 Å². The number of imidazole rings is 1. The maximum Gasteiger partial charge on any atom is 0.201 e. The van der Waals surface area contributed by atoms with Crippen molar-refractivity contribution in [3.05, 3.63) is 24.3 Å². The van der Waals surface area contributed by atoms with Gasteiger partial charge in [-0.15, -0.1) is 0 Å². The smallest absolute Gasteiger partial charge is 0.201 e. The molecule has 0 aliphatic heterocycles. The Bertz CT molecular complexity index is 491. The first-order valence-electron chi connectivity index (χ1n) is 7.50. The van der Waals surface area contributed by atoms with E-state index in [1.165, 1.54) is 32.1 Å². The number of H-pyrrole nitrogens is 1. The molecule has 3 nitrogen and oxygen atoms in total. The molecule has 1 saturated carbocycles. The molecule has 102 valence electrons. The van der Waals surface area contributed by atoms with Gasteiger partial charge in [0.15, 0.2) is 0 Å². The molecule has 1 fully saturated rings. The van der Waals surface area contributed by atoms with E-state index in [1.807, 2.05) is 18.2 Å². The largest absolute Gasteiger partial charge is 0.356 e. The van der Waals surface area contributed by atoms with E-state index >= 15 is 0 Å². The number of aromatic nitrogens is 2. The van der Waals surface area contributed by atoms with Crippen molar-refractivity contribution in [1.29, 1.82) is 0 Å². The lowest BCUT2D eigenvalue weighted by Crippen LogP contribution is -2.16. The first-order valence-corrected chi connectivity index (χ1v) is 7.50. The summed E-state index contributed by atoms with van der Waals surface area (Å²) in [5.41, 5.74) is 2.15. The minimum absolute atomic E-state index is 0.908. The summed E-state index contributed by atoms with van der Waals surface area (Å²) < 4.78 is 0. The summed E-state index contributed by atoms with van der Waals surface area (Å²) in [4.78, 5) is 7.86. The Kier molecular flexibility index (Phi) is 3.72. The van der Waals surface area contributed by atoms with Crippen LogP contribution in [0, 0.1) is 11.8 Å². The first-order chi connectivity index (χ1) is 9.31. The molecule has 0 radical (unpaired) electrons. The highest BCUT2D eigenvalue weighted by atomic mass is 15.1. The predicted molar refractivity (Wildman–Crippen MR) is 80.3 cm³/mol. The molecular formula is C16H23N3. The van der Waals surface area contributed by atoms with Crippen LogP contribution in [0.1, 0.15) is 39.0 Å². The lowest BCUT2D eigenvalue weighted by atomic mass is 9.81. The SMILES string of the molecule is CC1CCC(CCNc2nc3ccccc3[nH]2)CC1. The number of nitrogens with zero attached hydrogens (tertiary/aromatic N) is 1. The van der Waals surface area contributed by atoms with Gasteiger partial charge in [0.2, 0.25) is 5.95 Å². The lowest BCUT2D eigenvalue weighted by Gasteiger charge is -2.26. The summed E-state index contributed by atoms with van der Waals surface area (Å²) in [6, 6.07) is 8.17. The van der Waals surface area contributed by atoms with Crippen molar-refractivity contribution in [1.82, 2.24) is 9.97 Å². The molecule has 3 heteroatoms. The number of anilines is 1. The quantitative estimate of drug-likeness (QED) is 0.862. The Morgan fingerprint density at radius 3 is 2.79 bits per heavy atom. The zero-order valence-corrected chi connectivity index (χ0v) is 11.7. The van der Waals surface area contributed by atoms with Gasteiger partial charge in [-0.1, -0.05) is 44.7 Å². The van der Waals surface area contributed by atoms with Crippen LogP contribution in [-0.4, -0.2) is 16.5 Å². The molecule has 1 aromatic carbocycles. The highest BCUT2D eigenvalue weighted by Gasteiger charge is 2.17. The van der Waals surface area contributed by atoms with Crippen molar-refractivity contribution in [2.24, 2.45) is 11.8 Å². The summed E-state index contributed by atoms with van der Waals surface area (Å²) in [6.07, 6.45) is 6.90. The second-order valence-electron chi connectivity index (χ2n) is 5.94. The van der Waals surface area contributed by atoms with E-state index < -0.39 is 0 Å². The highest BCUT2D eigenvalue weighted by Crippen LogP contribution is 2.30.